The monoisotopic (exact) mass is 409 g/mol. The number of phenols is 1. The number of esters is 1. The molecule has 0 aliphatic rings. The number of amides is 1. The van der Waals surface area contributed by atoms with Crippen molar-refractivity contribution in [3.63, 3.8) is 0 Å². The van der Waals surface area contributed by atoms with Gasteiger partial charge in [-0.05, 0) is 66.3 Å². The van der Waals surface area contributed by atoms with Crippen LogP contribution in [0.1, 0.15) is 27.6 Å². The number of carbonyl (C=O) groups is 2. The van der Waals surface area contributed by atoms with Gasteiger partial charge in [0, 0.05) is 5.69 Å². The van der Waals surface area contributed by atoms with Crippen LogP contribution in [-0.4, -0.2) is 28.7 Å². The summed E-state index contributed by atoms with van der Waals surface area (Å²) in [6, 6.07) is 17.1. The lowest BCUT2D eigenvalue weighted by atomic mass is 10.1. The van der Waals surface area contributed by atoms with Gasteiger partial charge in [-0.1, -0.05) is 24.3 Å². The Morgan fingerprint density at radius 2 is 1.66 bits per heavy atom. The van der Waals surface area contributed by atoms with Crippen LogP contribution in [0.15, 0.2) is 60.7 Å². The van der Waals surface area contributed by atoms with Gasteiger partial charge in [-0.25, -0.2) is 4.79 Å². The van der Waals surface area contributed by atoms with E-state index in [1.807, 2.05) is 24.3 Å². The molecule has 0 saturated heterocycles. The number of hydrazine groups is 1. The van der Waals surface area contributed by atoms with Crippen LogP contribution >= 0.6 is 12.2 Å². The van der Waals surface area contributed by atoms with Crippen LogP contribution in [0.3, 0.4) is 0 Å². The van der Waals surface area contributed by atoms with Crippen molar-refractivity contribution >= 4 is 45.7 Å². The van der Waals surface area contributed by atoms with Gasteiger partial charge in [0.2, 0.25) is 0 Å². The molecule has 0 radical (unpaired) electrons. The fourth-order valence-electron chi connectivity index (χ4n) is 2.66. The van der Waals surface area contributed by atoms with E-state index in [1.165, 1.54) is 6.07 Å². The Morgan fingerprint density at radius 1 is 1.00 bits per heavy atom. The highest BCUT2D eigenvalue weighted by Crippen LogP contribution is 2.24. The maximum absolute atomic E-state index is 12.4. The zero-order valence-corrected chi connectivity index (χ0v) is 16.4. The Balaban J connectivity index is 1.58. The number of phenolic OH excluding ortho intramolecular Hbond substituents is 1. The van der Waals surface area contributed by atoms with Crippen molar-refractivity contribution in [3.8, 4) is 5.75 Å². The lowest BCUT2D eigenvalue weighted by molar-refractivity contribution is 0.0526. The van der Waals surface area contributed by atoms with E-state index in [4.69, 9.17) is 17.0 Å². The molecule has 1 amide bonds. The van der Waals surface area contributed by atoms with Gasteiger partial charge < -0.3 is 15.2 Å². The first-order valence-electron chi connectivity index (χ1n) is 8.84. The first-order chi connectivity index (χ1) is 14.0. The molecule has 4 N–H and O–H groups in total. The number of anilines is 1. The van der Waals surface area contributed by atoms with Gasteiger partial charge in [0.15, 0.2) is 5.11 Å². The molecule has 0 unspecified atom stereocenters. The van der Waals surface area contributed by atoms with Crippen LogP contribution in [0, 0.1) is 0 Å². The van der Waals surface area contributed by atoms with Crippen molar-refractivity contribution in [1.82, 2.24) is 10.9 Å². The van der Waals surface area contributed by atoms with Gasteiger partial charge >= 0.3 is 5.97 Å². The molecule has 29 heavy (non-hydrogen) atoms. The summed E-state index contributed by atoms with van der Waals surface area (Å²) in [5.74, 6) is -1.06. The van der Waals surface area contributed by atoms with Gasteiger partial charge in [-0.3, -0.25) is 15.6 Å². The van der Waals surface area contributed by atoms with Gasteiger partial charge in [0.25, 0.3) is 5.91 Å². The molecule has 0 aliphatic carbocycles. The molecule has 148 valence electrons. The number of thiocarbonyl (C=S) groups is 1. The Labute approximate surface area is 172 Å². The Bertz CT molecular complexity index is 1070. The average Bonchev–Trinajstić information content (AvgIpc) is 2.72. The minimum Gasteiger partial charge on any atom is -0.507 e. The molecule has 0 fully saturated rings. The number of aromatic hydroxyl groups is 1. The second kappa shape index (κ2) is 9.03. The van der Waals surface area contributed by atoms with Gasteiger partial charge in [0.05, 0.1) is 17.7 Å². The number of fused-ring (bicyclic) bond motifs is 1. The van der Waals surface area contributed by atoms with E-state index < -0.39 is 11.9 Å². The van der Waals surface area contributed by atoms with E-state index in [0.717, 1.165) is 10.8 Å². The summed E-state index contributed by atoms with van der Waals surface area (Å²) in [4.78, 5) is 24.0. The van der Waals surface area contributed by atoms with Crippen molar-refractivity contribution in [2.75, 3.05) is 11.9 Å². The highest BCUT2D eigenvalue weighted by atomic mass is 32.1. The second-order valence-corrected chi connectivity index (χ2v) is 6.46. The van der Waals surface area contributed by atoms with Crippen LogP contribution in [0.2, 0.25) is 0 Å². The maximum Gasteiger partial charge on any atom is 0.338 e. The van der Waals surface area contributed by atoms with Crippen LogP contribution in [0.25, 0.3) is 10.8 Å². The number of benzene rings is 3. The molecular formula is C21H19N3O4S. The Hall–Kier alpha value is -3.65. The lowest BCUT2D eigenvalue weighted by Gasteiger charge is -2.13. The Kier molecular flexibility index (Phi) is 6.25. The van der Waals surface area contributed by atoms with E-state index in [0.29, 0.717) is 17.9 Å². The van der Waals surface area contributed by atoms with Crippen LogP contribution in [0.4, 0.5) is 5.69 Å². The first-order valence-corrected chi connectivity index (χ1v) is 9.25. The SMILES string of the molecule is CCOC(=O)c1ccc(NC(=S)NNC(=O)c2cc3ccccc3cc2O)cc1. The predicted octanol–water partition coefficient (Wildman–Crippen LogP) is 3.35. The molecule has 0 aliphatic heterocycles. The van der Waals surface area contributed by atoms with E-state index in [-0.39, 0.29) is 16.4 Å². The number of carbonyl (C=O) groups excluding carboxylic acids is 2. The molecule has 0 atom stereocenters. The van der Waals surface area contributed by atoms with Crippen molar-refractivity contribution in [2.24, 2.45) is 0 Å². The van der Waals surface area contributed by atoms with Gasteiger partial charge in [0.1, 0.15) is 5.75 Å². The van der Waals surface area contributed by atoms with Gasteiger partial charge in [-0.15, -0.1) is 0 Å². The standard InChI is InChI=1S/C21H19N3O4S/c1-2-28-20(27)13-7-9-16(10-8-13)22-21(29)24-23-19(26)17-11-14-5-3-4-6-15(14)12-18(17)25/h3-12,25H,2H2,1H3,(H,23,26)(H2,22,24,29). The molecule has 7 nitrogen and oxygen atoms in total. The van der Waals surface area contributed by atoms with Crippen LogP contribution < -0.4 is 16.2 Å². The number of rotatable bonds is 4. The molecule has 0 heterocycles. The molecule has 3 aromatic carbocycles. The zero-order valence-electron chi connectivity index (χ0n) is 15.6. The average molecular weight is 409 g/mol. The zero-order chi connectivity index (χ0) is 20.8. The molecule has 0 saturated carbocycles. The quantitative estimate of drug-likeness (QED) is 0.298. The third kappa shape index (κ3) is 4.99. The molecule has 3 aromatic rings. The molecule has 0 bridgehead atoms. The number of ether oxygens (including phenoxy) is 1. The van der Waals surface area contributed by atoms with Crippen molar-refractivity contribution in [1.29, 1.82) is 0 Å². The molecule has 8 heteroatoms. The van der Waals surface area contributed by atoms with Gasteiger partial charge in [-0.2, -0.15) is 0 Å². The van der Waals surface area contributed by atoms with Crippen LogP contribution in [-0.2, 0) is 4.74 Å². The fraction of sp³-hybridized carbons (Fsp3) is 0.0952. The minimum absolute atomic E-state index is 0.123. The maximum atomic E-state index is 12.4. The topological polar surface area (TPSA) is 99.7 Å². The fourth-order valence-corrected chi connectivity index (χ4v) is 2.83. The third-order valence-electron chi connectivity index (χ3n) is 4.05. The van der Waals surface area contributed by atoms with E-state index in [9.17, 15) is 14.7 Å². The van der Waals surface area contributed by atoms with Crippen molar-refractivity contribution < 1.29 is 19.4 Å². The molecule has 0 aromatic heterocycles. The number of hydrogen-bond donors (Lipinski definition) is 4. The summed E-state index contributed by atoms with van der Waals surface area (Å²) in [6.45, 7) is 2.04. The van der Waals surface area contributed by atoms with Crippen LogP contribution in [0.5, 0.6) is 5.75 Å². The van der Waals surface area contributed by atoms with E-state index in [2.05, 4.69) is 16.2 Å². The highest BCUT2D eigenvalue weighted by molar-refractivity contribution is 7.80. The summed E-state index contributed by atoms with van der Waals surface area (Å²) < 4.78 is 4.93. The van der Waals surface area contributed by atoms with Crippen molar-refractivity contribution in [3.05, 3.63) is 71.8 Å². The third-order valence-corrected chi connectivity index (χ3v) is 4.26. The smallest absolute Gasteiger partial charge is 0.338 e. The second-order valence-electron chi connectivity index (χ2n) is 6.05. The summed E-state index contributed by atoms with van der Waals surface area (Å²) >= 11 is 5.15. The minimum atomic E-state index is -0.532. The summed E-state index contributed by atoms with van der Waals surface area (Å²) in [6.07, 6.45) is 0. The molecular weight excluding hydrogens is 390 g/mol. The number of hydrogen-bond acceptors (Lipinski definition) is 5. The predicted molar refractivity (Wildman–Crippen MR) is 115 cm³/mol. The normalized spacial score (nSPS) is 10.2. The van der Waals surface area contributed by atoms with E-state index in [1.54, 1.807) is 37.3 Å². The highest BCUT2D eigenvalue weighted by Gasteiger charge is 2.13. The first kappa shape index (κ1) is 20.1. The largest absolute Gasteiger partial charge is 0.507 e. The lowest BCUT2D eigenvalue weighted by Crippen LogP contribution is -2.43. The number of nitrogens with one attached hydrogen (secondary N) is 3. The summed E-state index contributed by atoms with van der Waals surface area (Å²) in [5, 5.41) is 14.8. The summed E-state index contributed by atoms with van der Waals surface area (Å²) in [7, 11) is 0. The van der Waals surface area contributed by atoms with E-state index >= 15 is 0 Å². The molecule has 3 rings (SSSR count). The van der Waals surface area contributed by atoms with Crippen molar-refractivity contribution in [2.45, 2.75) is 6.92 Å². The Morgan fingerprint density at radius 3 is 2.31 bits per heavy atom. The summed E-state index contributed by atoms with van der Waals surface area (Å²) in [5.41, 5.74) is 6.20. The molecule has 0 spiro atoms.